The number of hydrogen-bond donors (Lipinski definition) is 3. The van der Waals surface area contributed by atoms with Gasteiger partial charge in [-0.2, -0.15) is 0 Å². The first-order valence-electron chi connectivity index (χ1n) is 6.59. The van der Waals surface area contributed by atoms with Crippen LogP contribution in [0.4, 0.5) is 5.69 Å². The van der Waals surface area contributed by atoms with E-state index in [1.807, 2.05) is 0 Å². The van der Waals surface area contributed by atoms with Gasteiger partial charge in [0.25, 0.3) is 11.8 Å². The Labute approximate surface area is 117 Å². The van der Waals surface area contributed by atoms with E-state index in [0.29, 0.717) is 36.4 Å². The maximum atomic E-state index is 11.9. The predicted octanol–water partition coefficient (Wildman–Crippen LogP) is 0.908. The molecule has 3 N–H and O–H groups in total. The average molecular weight is 278 g/mol. The quantitative estimate of drug-likeness (QED) is 0.699. The Morgan fingerprint density at radius 2 is 2.35 bits per heavy atom. The molecule has 0 aromatic heterocycles. The molecular weight excluding hydrogens is 260 g/mol. The van der Waals surface area contributed by atoms with Gasteiger partial charge in [-0.25, -0.2) is 0 Å². The van der Waals surface area contributed by atoms with Gasteiger partial charge >= 0.3 is 0 Å². The van der Waals surface area contributed by atoms with Gasteiger partial charge in [0.2, 0.25) is 0 Å². The third-order valence-corrected chi connectivity index (χ3v) is 2.96. The van der Waals surface area contributed by atoms with Crippen LogP contribution in [0.1, 0.15) is 30.1 Å². The fourth-order valence-electron chi connectivity index (χ4n) is 1.93. The number of carbonyl (C=O) groups is 2. The minimum absolute atomic E-state index is 0.00210. The van der Waals surface area contributed by atoms with Gasteiger partial charge in [-0.15, -0.1) is 0 Å². The lowest BCUT2D eigenvalue weighted by Crippen LogP contribution is -2.27. The van der Waals surface area contributed by atoms with E-state index in [4.69, 9.17) is 9.84 Å². The lowest BCUT2D eigenvalue weighted by Gasteiger charge is -2.18. The Kier molecular flexibility index (Phi) is 4.57. The molecule has 2 amide bonds. The van der Waals surface area contributed by atoms with Crippen molar-refractivity contribution < 1.29 is 19.4 Å². The molecule has 0 saturated carbocycles. The van der Waals surface area contributed by atoms with Crippen molar-refractivity contribution >= 4 is 17.5 Å². The number of benzene rings is 1. The molecule has 108 valence electrons. The van der Waals surface area contributed by atoms with Crippen molar-refractivity contribution in [2.75, 3.05) is 18.5 Å². The van der Waals surface area contributed by atoms with Crippen LogP contribution in [0, 0.1) is 0 Å². The minimum Gasteiger partial charge on any atom is -0.482 e. The van der Waals surface area contributed by atoms with Crippen LogP contribution in [-0.2, 0) is 4.79 Å². The molecule has 1 unspecified atom stereocenters. The van der Waals surface area contributed by atoms with Gasteiger partial charge in [0.1, 0.15) is 5.75 Å². The molecule has 1 aromatic rings. The Bertz CT molecular complexity index is 514. The number of ether oxygens (including phenoxy) is 1. The Morgan fingerprint density at radius 3 is 3.10 bits per heavy atom. The summed E-state index contributed by atoms with van der Waals surface area (Å²) in [6.45, 7) is 2.22. The summed E-state index contributed by atoms with van der Waals surface area (Å²) in [5, 5.41) is 14.6. The van der Waals surface area contributed by atoms with Gasteiger partial charge < -0.3 is 20.5 Å². The van der Waals surface area contributed by atoms with Crippen LogP contribution < -0.4 is 15.4 Å². The van der Waals surface area contributed by atoms with Crippen molar-refractivity contribution in [2.24, 2.45) is 0 Å². The molecule has 0 radical (unpaired) electrons. The highest BCUT2D eigenvalue weighted by atomic mass is 16.5. The third-order valence-electron chi connectivity index (χ3n) is 2.96. The summed E-state index contributed by atoms with van der Waals surface area (Å²) in [7, 11) is 0. The number of amides is 2. The molecule has 0 fully saturated rings. The van der Waals surface area contributed by atoms with E-state index in [9.17, 15) is 9.59 Å². The summed E-state index contributed by atoms with van der Waals surface area (Å²) >= 11 is 0. The number of rotatable bonds is 5. The normalized spacial score (nSPS) is 14.8. The van der Waals surface area contributed by atoms with E-state index in [1.54, 1.807) is 25.1 Å². The van der Waals surface area contributed by atoms with Crippen molar-refractivity contribution in [3.05, 3.63) is 23.8 Å². The van der Waals surface area contributed by atoms with Gasteiger partial charge in [-0.3, -0.25) is 9.59 Å². The summed E-state index contributed by atoms with van der Waals surface area (Å²) < 4.78 is 5.22. The lowest BCUT2D eigenvalue weighted by molar-refractivity contribution is -0.118. The van der Waals surface area contributed by atoms with Crippen molar-refractivity contribution in [3.8, 4) is 5.75 Å². The molecule has 0 aliphatic carbocycles. The molecule has 2 rings (SSSR count). The van der Waals surface area contributed by atoms with E-state index in [-0.39, 0.29) is 24.5 Å². The molecule has 0 saturated heterocycles. The molecule has 1 heterocycles. The van der Waals surface area contributed by atoms with Gasteiger partial charge in [0.15, 0.2) is 6.61 Å². The van der Waals surface area contributed by atoms with Crippen LogP contribution in [0.15, 0.2) is 18.2 Å². The first kappa shape index (κ1) is 14.3. The smallest absolute Gasteiger partial charge is 0.262 e. The molecule has 20 heavy (non-hydrogen) atoms. The topological polar surface area (TPSA) is 87.7 Å². The van der Waals surface area contributed by atoms with E-state index in [1.165, 1.54) is 0 Å². The summed E-state index contributed by atoms with van der Waals surface area (Å²) in [6, 6.07) is 4.91. The minimum atomic E-state index is -0.358. The van der Waals surface area contributed by atoms with Crippen molar-refractivity contribution in [2.45, 2.75) is 25.9 Å². The highest BCUT2D eigenvalue weighted by molar-refractivity contribution is 5.99. The summed E-state index contributed by atoms with van der Waals surface area (Å²) in [5.74, 6) is 0.125. The third kappa shape index (κ3) is 3.71. The molecule has 1 aliphatic rings. The zero-order valence-corrected chi connectivity index (χ0v) is 11.3. The van der Waals surface area contributed by atoms with Crippen LogP contribution in [0.25, 0.3) is 0 Å². The zero-order valence-electron chi connectivity index (χ0n) is 11.3. The number of nitrogens with one attached hydrogen (secondary N) is 2. The Balaban J connectivity index is 1.93. The van der Waals surface area contributed by atoms with Crippen LogP contribution in [0.5, 0.6) is 5.75 Å². The zero-order chi connectivity index (χ0) is 14.5. The highest BCUT2D eigenvalue weighted by Crippen LogP contribution is 2.28. The monoisotopic (exact) mass is 278 g/mol. The predicted molar refractivity (Wildman–Crippen MR) is 73.8 cm³/mol. The number of aliphatic hydroxyl groups excluding tert-OH is 1. The fourth-order valence-corrected chi connectivity index (χ4v) is 1.93. The second-order valence-electron chi connectivity index (χ2n) is 4.79. The first-order valence-corrected chi connectivity index (χ1v) is 6.59. The van der Waals surface area contributed by atoms with Crippen molar-refractivity contribution in [1.29, 1.82) is 0 Å². The summed E-state index contributed by atoms with van der Waals surface area (Å²) in [6.07, 6.45) is 1.01. The maximum Gasteiger partial charge on any atom is 0.262 e. The largest absolute Gasteiger partial charge is 0.482 e. The van der Waals surface area contributed by atoms with Gasteiger partial charge in [-0.1, -0.05) is 0 Å². The molecule has 1 atom stereocenters. The lowest BCUT2D eigenvalue weighted by atomic mass is 10.1. The van der Waals surface area contributed by atoms with Crippen LogP contribution in [-0.4, -0.2) is 36.2 Å². The standard InChI is InChI=1S/C14H18N2O4/c1-9(17)3-2-6-15-14(19)10-4-5-12-11(7-10)16-13(18)8-20-12/h4-5,7,9,17H,2-3,6,8H2,1H3,(H,15,19)(H,16,18). The van der Waals surface area contributed by atoms with Crippen molar-refractivity contribution in [3.63, 3.8) is 0 Å². The number of hydrogen-bond acceptors (Lipinski definition) is 4. The van der Waals surface area contributed by atoms with E-state index >= 15 is 0 Å². The molecule has 0 spiro atoms. The Morgan fingerprint density at radius 1 is 1.55 bits per heavy atom. The van der Waals surface area contributed by atoms with Gasteiger partial charge in [0.05, 0.1) is 11.8 Å². The summed E-state index contributed by atoms with van der Waals surface area (Å²) in [5.41, 5.74) is 0.976. The maximum absolute atomic E-state index is 11.9. The molecule has 1 aromatic carbocycles. The number of aliphatic hydroxyl groups is 1. The molecular formula is C14H18N2O4. The van der Waals surface area contributed by atoms with E-state index < -0.39 is 0 Å². The summed E-state index contributed by atoms with van der Waals surface area (Å²) in [4.78, 5) is 23.2. The van der Waals surface area contributed by atoms with E-state index in [2.05, 4.69) is 10.6 Å². The number of anilines is 1. The van der Waals surface area contributed by atoms with Gasteiger partial charge in [0, 0.05) is 12.1 Å². The molecule has 0 bridgehead atoms. The highest BCUT2D eigenvalue weighted by Gasteiger charge is 2.17. The second-order valence-corrected chi connectivity index (χ2v) is 4.79. The number of fused-ring (bicyclic) bond motifs is 1. The van der Waals surface area contributed by atoms with Crippen LogP contribution >= 0.6 is 0 Å². The first-order chi connectivity index (χ1) is 9.56. The molecule has 6 nitrogen and oxygen atoms in total. The average Bonchev–Trinajstić information content (AvgIpc) is 2.42. The molecule has 6 heteroatoms. The molecule has 1 aliphatic heterocycles. The second kappa shape index (κ2) is 6.38. The fraction of sp³-hybridized carbons (Fsp3) is 0.429. The van der Waals surface area contributed by atoms with E-state index in [0.717, 1.165) is 0 Å². The van der Waals surface area contributed by atoms with Gasteiger partial charge in [-0.05, 0) is 38.0 Å². The SMILES string of the molecule is CC(O)CCCNC(=O)c1ccc2c(c1)NC(=O)CO2. The Hall–Kier alpha value is -2.08. The number of carbonyl (C=O) groups excluding carboxylic acids is 2. The van der Waals surface area contributed by atoms with Crippen molar-refractivity contribution in [1.82, 2.24) is 5.32 Å². The van der Waals surface area contributed by atoms with Crippen LogP contribution in [0.2, 0.25) is 0 Å². The van der Waals surface area contributed by atoms with Crippen LogP contribution in [0.3, 0.4) is 0 Å².